The number of benzene rings is 2. The van der Waals surface area contributed by atoms with Crippen LogP contribution in [0.1, 0.15) is 33.1 Å². The Bertz CT molecular complexity index is 1070. The van der Waals surface area contributed by atoms with E-state index in [4.69, 9.17) is 4.74 Å². The Kier molecular flexibility index (Phi) is 4.03. The van der Waals surface area contributed by atoms with Crippen molar-refractivity contribution >= 4 is 17.6 Å². The standard InChI is InChI=1S/C21H17FN2O3/c1-11-16(21(26)27-2)18(19(23-11)12-7-3-5-9-14(12)22)17-13-8-4-6-10-15(13)24-20(17)25/h3-10,17,23H,1-2H3,(H,24,25)/t17-/m0/s1. The van der Waals surface area contributed by atoms with Crippen LogP contribution in [-0.4, -0.2) is 24.0 Å². The van der Waals surface area contributed by atoms with Crippen molar-refractivity contribution in [3.63, 3.8) is 0 Å². The second-order valence-electron chi connectivity index (χ2n) is 6.39. The summed E-state index contributed by atoms with van der Waals surface area (Å²) in [6, 6.07) is 13.5. The number of fused-ring (bicyclic) bond motifs is 1. The molecule has 0 radical (unpaired) electrons. The van der Waals surface area contributed by atoms with Crippen molar-refractivity contribution in [2.24, 2.45) is 0 Å². The number of ether oxygens (including phenoxy) is 1. The Morgan fingerprint density at radius 1 is 1.11 bits per heavy atom. The molecule has 27 heavy (non-hydrogen) atoms. The lowest BCUT2D eigenvalue weighted by Gasteiger charge is -2.14. The average Bonchev–Trinajstić information content (AvgIpc) is 3.17. The van der Waals surface area contributed by atoms with Gasteiger partial charge >= 0.3 is 5.97 Å². The third-order valence-electron chi connectivity index (χ3n) is 4.84. The lowest BCUT2D eigenvalue weighted by Crippen LogP contribution is -2.17. The van der Waals surface area contributed by atoms with Gasteiger partial charge in [-0.05, 0) is 30.7 Å². The zero-order chi connectivity index (χ0) is 19.1. The number of para-hydroxylation sites is 1. The summed E-state index contributed by atoms with van der Waals surface area (Å²) in [5.74, 6) is -2.02. The number of carbonyl (C=O) groups is 2. The Balaban J connectivity index is 2.03. The quantitative estimate of drug-likeness (QED) is 0.690. The molecular weight excluding hydrogens is 347 g/mol. The van der Waals surface area contributed by atoms with Crippen LogP contribution in [0.15, 0.2) is 48.5 Å². The number of H-pyrrole nitrogens is 1. The van der Waals surface area contributed by atoms with Gasteiger partial charge in [0.05, 0.1) is 24.3 Å². The molecule has 1 aliphatic heterocycles. The van der Waals surface area contributed by atoms with Gasteiger partial charge in [0.2, 0.25) is 5.91 Å². The van der Waals surface area contributed by atoms with E-state index < -0.39 is 17.7 Å². The number of aromatic amines is 1. The number of hydrogen-bond acceptors (Lipinski definition) is 3. The van der Waals surface area contributed by atoms with E-state index >= 15 is 0 Å². The summed E-state index contributed by atoms with van der Waals surface area (Å²) < 4.78 is 19.5. The van der Waals surface area contributed by atoms with Crippen LogP contribution in [0.4, 0.5) is 10.1 Å². The molecule has 2 aromatic carbocycles. The fourth-order valence-electron chi connectivity index (χ4n) is 3.67. The normalized spacial score (nSPS) is 15.4. The molecule has 0 saturated heterocycles. The molecule has 2 N–H and O–H groups in total. The molecule has 1 atom stereocenters. The van der Waals surface area contributed by atoms with Crippen LogP contribution >= 0.6 is 0 Å². The van der Waals surface area contributed by atoms with Gasteiger partial charge in [-0.2, -0.15) is 0 Å². The van der Waals surface area contributed by atoms with Crippen LogP contribution in [0.5, 0.6) is 0 Å². The highest BCUT2D eigenvalue weighted by Gasteiger charge is 2.38. The van der Waals surface area contributed by atoms with Crippen molar-refractivity contribution in [3.05, 3.63) is 76.7 Å². The molecule has 5 nitrogen and oxygen atoms in total. The molecule has 6 heteroatoms. The minimum atomic E-state index is -0.741. The summed E-state index contributed by atoms with van der Waals surface area (Å²) in [5.41, 5.74) is 3.32. The monoisotopic (exact) mass is 364 g/mol. The molecule has 0 fully saturated rings. The number of halogens is 1. The number of esters is 1. The van der Waals surface area contributed by atoms with E-state index in [-0.39, 0.29) is 11.5 Å². The van der Waals surface area contributed by atoms with Gasteiger partial charge in [-0.25, -0.2) is 9.18 Å². The van der Waals surface area contributed by atoms with E-state index in [1.165, 1.54) is 13.2 Å². The number of aromatic nitrogens is 1. The van der Waals surface area contributed by atoms with Crippen molar-refractivity contribution in [2.45, 2.75) is 12.8 Å². The van der Waals surface area contributed by atoms with Gasteiger partial charge in [0.25, 0.3) is 0 Å². The minimum absolute atomic E-state index is 0.257. The van der Waals surface area contributed by atoms with Crippen LogP contribution in [0, 0.1) is 12.7 Å². The number of amides is 1. The SMILES string of the molecule is COC(=O)c1c(C)[nH]c(-c2ccccc2F)c1[C@H]1C(=O)Nc2ccccc21. The summed E-state index contributed by atoms with van der Waals surface area (Å²) in [6.07, 6.45) is 0. The maximum absolute atomic E-state index is 14.5. The smallest absolute Gasteiger partial charge is 0.340 e. The molecule has 3 aromatic rings. The number of hydrogen-bond donors (Lipinski definition) is 2. The molecule has 136 valence electrons. The van der Waals surface area contributed by atoms with E-state index in [0.29, 0.717) is 28.2 Å². The van der Waals surface area contributed by atoms with Crippen molar-refractivity contribution in [2.75, 3.05) is 12.4 Å². The van der Waals surface area contributed by atoms with Crippen LogP contribution in [0.25, 0.3) is 11.3 Å². The van der Waals surface area contributed by atoms with Gasteiger partial charge < -0.3 is 15.0 Å². The first-order valence-corrected chi connectivity index (χ1v) is 8.48. The number of anilines is 1. The van der Waals surface area contributed by atoms with Crippen LogP contribution < -0.4 is 5.32 Å². The first kappa shape index (κ1) is 17.0. The van der Waals surface area contributed by atoms with Crippen molar-refractivity contribution in [1.82, 2.24) is 4.98 Å². The molecule has 0 saturated carbocycles. The molecule has 2 heterocycles. The largest absolute Gasteiger partial charge is 0.465 e. The fraction of sp³-hybridized carbons (Fsp3) is 0.143. The van der Waals surface area contributed by atoms with Gasteiger partial charge in [0.15, 0.2) is 0 Å². The third kappa shape index (κ3) is 2.61. The first-order chi connectivity index (χ1) is 13.0. The highest BCUT2D eigenvalue weighted by Crippen LogP contribution is 2.44. The summed E-state index contributed by atoms with van der Waals surface area (Å²) in [6.45, 7) is 1.71. The summed E-state index contributed by atoms with van der Waals surface area (Å²) >= 11 is 0. The Morgan fingerprint density at radius 3 is 2.56 bits per heavy atom. The molecule has 1 aromatic heterocycles. The van der Waals surface area contributed by atoms with E-state index in [2.05, 4.69) is 10.3 Å². The Labute approximate surface area is 155 Å². The zero-order valence-corrected chi connectivity index (χ0v) is 14.8. The lowest BCUT2D eigenvalue weighted by molar-refractivity contribution is -0.116. The molecule has 0 bridgehead atoms. The third-order valence-corrected chi connectivity index (χ3v) is 4.84. The highest BCUT2D eigenvalue weighted by molar-refractivity contribution is 6.08. The van der Waals surface area contributed by atoms with Crippen LogP contribution in [0.3, 0.4) is 0 Å². The molecular formula is C21H17FN2O3. The predicted octanol–water partition coefficient (Wildman–Crippen LogP) is 4.00. The number of aryl methyl sites for hydroxylation is 1. The molecule has 1 amide bonds. The molecule has 0 spiro atoms. The molecule has 0 unspecified atom stereocenters. The molecule has 1 aliphatic rings. The summed E-state index contributed by atoms with van der Waals surface area (Å²) in [5, 5.41) is 2.83. The van der Waals surface area contributed by atoms with Crippen molar-refractivity contribution in [3.8, 4) is 11.3 Å². The van der Waals surface area contributed by atoms with E-state index in [1.54, 1.807) is 31.2 Å². The van der Waals surface area contributed by atoms with Crippen molar-refractivity contribution < 1.29 is 18.7 Å². The lowest BCUT2D eigenvalue weighted by atomic mass is 9.87. The highest BCUT2D eigenvalue weighted by atomic mass is 19.1. The van der Waals surface area contributed by atoms with Crippen LogP contribution in [0.2, 0.25) is 0 Å². The van der Waals surface area contributed by atoms with Crippen molar-refractivity contribution in [1.29, 1.82) is 0 Å². The second-order valence-corrected chi connectivity index (χ2v) is 6.39. The maximum Gasteiger partial charge on any atom is 0.340 e. The molecule has 0 aliphatic carbocycles. The van der Waals surface area contributed by atoms with E-state index in [0.717, 1.165) is 5.56 Å². The van der Waals surface area contributed by atoms with Gasteiger partial charge in [0, 0.05) is 22.5 Å². The minimum Gasteiger partial charge on any atom is -0.465 e. The Morgan fingerprint density at radius 2 is 1.81 bits per heavy atom. The van der Waals surface area contributed by atoms with Gasteiger partial charge in [-0.3, -0.25) is 4.79 Å². The summed E-state index contributed by atoms with van der Waals surface area (Å²) in [7, 11) is 1.28. The van der Waals surface area contributed by atoms with E-state index in [9.17, 15) is 14.0 Å². The van der Waals surface area contributed by atoms with Crippen LogP contribution in [-0.2, 0) is 9.53 Å². The van der Waals surface area contributed by atoms with E-state index in [1.807, 2.05) is 18.2 Å². The predicted molar refractivity (Wildman–Crippen MR) is 99.2 cm³/mol. The number of carbonyl (C=O) groups excluding carboxylic acids is 2. The maximum atomic E-state index is 14.5. The fourth-order valence-corrected chi connectivity index (χ4v) is 3.67. The molecule has 4 rings (SSSR count). The number of nitrogens with one attached hydrogen (secondary N) is 2. The summed E-state index contributed by atoms with van der Waals surface area (Å²) in [4.78, 5) is 28.4. The van der Waals surface area contributed by atoms with Gasteiger partial charge in [-0.1, -0.05) is 30.3 Å². The average molecular weight is 364 g/mol. The Hall–Kier alpha value is -3.41. The van der Waals surface area contributed by atoms with Gasteiger partial charge in [0.1, 0.15) is 5.82 Å². The topological polar surface area (TPSA) is 71.2 Å². The number of rotatable bonds is 3. The first-order valence-electron chi connectivity index (χ1n) is 8.48. The second kappa shape index (κ2) is 6.39. The number of methoxy groups -OCH3 is 1. The van der Waals surface area contributed by atoms with Gasteiger partial charge in [-0.15, -0.1) is 0 Å². The zero-order valence-electron chi connectivity index (χ0n) is 14.8.